The first-order valence-electron chi connectivity index (χ1n) is 10.2. The van der Waals surface area contributed by atoms with Gasteiger partial charge < -0.3 is 4.90 Å². The van der Waals surface area contributed by atoms with E-state index in [2.05, 4.69) is 9.97 Å². The molecule has 1 aliphatic carbocycles. The van der Waals surface area contributed by atoms with Crippen molar-refractivity contribution < 1.29 is 13.2 Å². The van der Waals surface area contributed by atoms with Crippen molar-refractivity contribution in [1.29, 1.82) is 0 Å². The zero-order valence-electron chi connectivity index (χ0n) is 17.5. The Morgan fingerprint density at radius 1 is 1.10 bits per heavy atom. The normalized spacial score (nSPS) is 19.7. The summed E-state index contributed by atoms with van der Waals surface area (Å²) >= 11 is 1.33. The maximum absolute atomic E-state index is 13.0. The molecule has 0 aromatic carbocycles. The van der Waals surface area contributed by atoms with E-state index in [1.807, 2.05) is 19.9 Å². The molecule has 8 nitrogen and oxygen atoms in total. The molecular weight excluding hydrogens is 410 g/mol. The number of rotatable bonds is 6. The quantitative estimate of drug-likeness (QED) is 0.495. The number of amides is 1. The van der Waals surface area contributed by atoms with E-state index in [0.29, 0.717) is 31.3 Å². The Labute approximate surface area is 178 Å². The summed E-state index contributed by atoms with van der Waals surface area (Å²) in [6.07, 6.45) is 5.25. The Morgan fingerprint density at radius 2 is 1.69 bits per heavy atom. The van der Waals surface area contributed by atoms with E-state index in [1.165, 1.54) is 22.5 Å². The minimum atomic E-state index is -3.47. The van der Waals surface area contributed by atoms with Crippen LogP contribution < -0.4 is 0 Å². The molecule has 0 N–H and O–H groups in total. The highest BCUT2D eigenvalue weighted by atomic mass is 32.2. The van der Waals surface area contributed by atoms with Gasteiger partial charge in [-0.15, -0.1) is 0 Å². The molecule has 0 radical (unpaired) electrons. The van der Waals surface area contributed by atoms with Crippen LogP contribution in [0.4, 0.5) is 0 Å². The summed E-state index contributed by atoms with van der Waals surface area (Å²) in [4.78, 5) is 23.0. The molecule has 1 aliphatic heterocycles. The van der Waals surface area contributed by atoms with Gasteiger partial charge in [0.05, 0.1) is 5.75 Å². The molecular formula is C19H31N5O3S2. The maximum atomic E-state index is 13.0. The van der Waals surface area contributed by atoms with Crippen molar-refractivity contribution in [2.24, 2.45) is 0 Å². The Balaban J connectivity index is 1.50. The van der Waals surface area contributed by atoms with Gasteiger partial charge in [-0.3, -0.25) is 4.79 Å². The fourth-order valence-corrected chi connectivity index (χ4v) is 6.39. The molecule has 2 fully saturated rings. The summed E-state index contributed by atoms with van der Waals surface area (Å²) in [5, 5.41) is 0.603. The third-order valence-electron chi connectivity index (χ3n) is 5.66. The molecule has 0 bridgehead atoms. The molecule has 0 atom stereocenters. The fourth-order valence-electron chi connectivity index (χ4n) is 3.96. The van der Waals surface area contributed by atoms with Gasteiger partial charge in [-0.1, -0.05) is 31.0 Å². The topological polar surface area (TPSA) is 86.7 Å². The van der Waals surface area contributed by atoms with Crippen LogP contribution in [-0.4, -0.2) is 82.8 Å². The third-order valence-corrected chi connectivity index (χ3v) is 8.53. The maximum Gasteiger partial charge on any atom is 0.282 e. The van der Waals surface area contributed by atoms with Crippen LogP contribution in [0.25, 0.3) is 0 Å². The standard InChI is InChI=1S/C19H31N5O3S2/c1-15-13-16(2)21-19(20-15)28-14-18(25)23-9-11-24(12-10-23)29(26,27)22(3)17-7-5-4-6-8-17/h13,17H,4-12,14H2,1-3H3. The van der Waals surface area contributed by atoms with Gasteiger partial charge in [0.15, 0.2) is 5.16 Å². The zero-order chi connectivity index (χ0) is 21.0. The lowest BCUT2D eigenvalue weighted by molar-refractivity contribution is -0.129. The molecule has 1 saturated carbocycles. The molecule has 3 rings (SSSR count). The molecule has 2 heterocycles. The molecule has 1 aromatic rings. The van der Waals surface area contributed by atoms with E-state index in [9.17, 15) is 13.2 Å². The van der Waals surface area contributed by atoms with Gasteiger partial charge in [0.2, 0.25) is 5.91 Å². The molecule has 0 spiro atoms. The number of carbonyl (C=O) groups is 1. The lowest BCUT2D eigenvalue weighted by Crippen LogP contribution is -2.55. The van der Waals surface area contributed by atoms with Crippen LogP contribution in [0.3, 0.4) is 0 Å². The van der Waals surface area contributed by atoms with E-state index in [1.54, 1.807) is 16.3 Å². The molecule has 0 unspecified atom stereocenters. The molecule has 1 aromatic heterocycles. The van der Waals surface area contributed by atoms with Gasteiger partial charge in [0.25, 0.3) is 10.2 Å². The molecule has 2 aliphatic rings. The lowest BCUT2D eigenvalue weighted by Gasteiger charge is -2.38. The average Bonchev–Trinajstić information content (AvgIpc) is 2.71. The Hall–Kier alpha value is -1.23. The van der Waals surface area contributed by atoms with Crippen molar-refractivity contribution >= 4 is 27.9 Å². The summed E-state index contributed by atoms with van der Waals surface area (Å²) < 4.78 is 29.0. The molecule has 1 saturated heterocycles. The van der Waals surface area contributed by atoms with Gasteiger partial charge in [0.1, 0.15) is 0 Å². The number of aromatic nitrogens is 2. The van der Waals surface area contributed by atoms with E-state index < -0.39 is 10.2 Å². The monoisotopic (exact) mass is 441 g/mol. The van der Waals surface area contributed by atoms with Gasteiger partial charge in [-0.2, -0.15) is 17.0 Å². The fraction of sp³-hybridized carbons (Fsp3) is 0.737. The molecule has 10 heteroatoms. The summed E-state index contributed by atoms with van der Waals surface area (Å²) in [6.45, 7) is 5.34. The minimum absolute atomic E-state index is 0.00422. The van der Waals surface area contributed by atoms with Gasteiger partial charge in [-0.05, 0) is 32.8 Å². The third kappa shape index (κ3) is 5.68. The van der Waals surface area contributed by atoms with Crippen molar-refractivity contribution in [3.05, 3.63) is 17.5 Å². The van der Waals surface area contributed by atoms with Crippen LogP contribution in [-0.2, 0) is 15.0 Å². The second-order valence-electron chi connectivity index (χ2n) is 7.82. The van der Waals surface area contributed by atoms with Crippen molar-refractivity contribution in [3.63, 3.8) is 0 Å². The summed E-state index contributed by atoms with van der Waals surface area (Å²) in [6, 6.07) is 2.00. The van der Waals surface area contributed by atoms with Crippen molar-refractivity contribution in [3.8, 4) is 0 Å². The van der Waals surface area contributed by atoms with E-state index >= 15 is 0 Å². The predicted molar refractivity (Wildman–Crippen MR) is 114 cm³/mol. The number of nitrogens with zero attached hydrogens (tertiary/aromatic N) is 5. The van der Waals surface area contributed by atoms with Crippen LogP contribution in [0.1, 0.15) is 43.5 Å². The van der Waals surface area contributed by atoms with Crippen molar-refractivity contribution in [1.82, 2.24) is 23.5 Å². The van der Waals surface area contributed by atoms with Gasteiger partial charge in [-0.25, -0.2) is 9.97 Å². The smallest absolute Gasteiger partial charge is 0.282 e. The minimum Gasteiger partial charge on any atom is -0.339 e. The Morgan fingerprint density at radius 3 is 2.28 bits per heavy atom. The van der Waals surface area contributed by atoms with Crippen LogP contribution >= 0.6 is 11.8 Å². The lowest BCUT2D eigenvalue weighted by atomic mass is 9.96. The zero-order valence-corrected chi connectivity index (χ0v) is 19.1. The number of aryl methyl sites for hydroxylation is 2. The number of carbonyl (C=O) groups excluding carboxylic acids is 1. The van der Waals surface area contributed by atoms with Crippen LogP contribution in [0.5, 0.6) is 0 Å². The highest BCUT2D eigenvalue weighted by Crippen LogP contribution is 2.25. The first kappa shape index (κ1) is 22.5. The van der Waals surface area contributed by atoms with Crippen molar-refractivity contribution in [2.75, 3.05) is 39.0 Å². The van der Waals surface area contributed by atoms with Crippen LogP contribution in [0.15, 0.2) is 11.2 Å². The predicted octanol–water partition coefficient (Wildman–Crippen LogP) is 1.84. The second kappa shape index (κ2) is 9.72. The summed E-state index contributed by atoms with van der Waals surface area (Å²) in [5.74, 6) is 0.257. The number of hydrogen-bond donors (Lipinski definition) is 0. The average molecular weight is 442 g/mol. The number of thioether (sulfide) groups is 1. The number of piperazine rings is 1. The van der Waals surface area contributed by atoms with Gasteiger partial charge >= 0.3 is 0 Å². The first-order valence-corrected chi connectivity index (χ1v) is 12.6. The van der Waals surface area contributed by atoms with E-state index in [0.717, 1.165) is 37.1 Å². The van der Waals surface area contributed by atoms with Crippen LogP contribution in [0, 0.1) is 13.8 Å². The SMILES string of the molecule is Cc1cc(C)nc(SCC(=O)N2CCN(S(=O)(=O)N(C)C3CCCCC3)CC2)n1. The number of hydrogen-bond acceptors (Lipinski definition) is 6. The molecule has 162 valence electrons. The largest absolute Gasteiger partial charge is 0.339 e. The molecule has 29 heavy (non-hydrogen) atoms. The van der Waals surface area contributed by atoms with Crippen molar-refractivity contribution in [2.45, 2.75) is 57.1 Å². The highest BCUT2D eigenvalue weighted by molar-refractivity contribution is 7.99. The van der Waals surface area contributed by atoms with E-state index in [4.69, 9.17) is 0 Å². The van der Waals surface area contributed by atoms with Crippen LogP contribution in [0.2, 0.25) is 0 Å². The highest BCUT2D eigenvalue weighted by Gasteiger charge is 2.35. The molecule has 1 amide bonds. The van der Waals surface area contributed by atoms with Gasteiger partial charge in [0, 0.05) is 50.7 Å². The summed E-state index contributed by atoms with van der Waals surface area (Å²) in [5.41, 5.74) is 1.77. The second-order valence-corrected chi connectivity index (χ2v) is 10.7. The Bertz CT molecular complexity index is 799. The first-order chi connectivity index (χ1) is 13.8. The summed E-state index contributed by atoms with van der Waals surface area (Å²) in [7, 11) is -1.77. The van der Waals surface area contributed by atoms with E-state index in [-0.39, 0.29) is 17.7 Å². The Kier molecular flexibility index (Phi) is 7.53.